The molecule has 2 fully saturated rings. The third-order valence-corrected chi connectivity index (χ3v) is 7.26. The standard InChI is InChI=1S/C23H26O/c1-22(2)18-14-15-23(22,3)21(24)20(18)19(16-10-6-4-7-11-16)17-12-8-5-9-13-17/h4-13,18-20H,14-15H2,1-3H3/t18-,20+,23-/m1/s1. The van der Waals surface area contributed by atoms with E-state index < -0.39 is 0 Å². The third kappa shape index (κ3) is 1.97. The summed E-state index contributed by atoms with van der Waals surface area (Å²) >= 11 is 0. The molecule has 0 aromatic heterocycles. The van der Waals surface area contributed by atoms with Crippen LogP contribution in [0.2, 0.25) is 0 Å². The molecule has 0 amide bonds. The van der Waals surface area contributed by atoms with E-state index in [9.17, 15) is 4.79 Å². The molecule has 124 valence electrons. The lowest BCUT2D eigenvalue weighted by molar-refractivity contribution is -0.132. The summed E-state index contributed by atoms with van der Waals surface area (Å²) in [6.07, 6.45) is 2.23. The van der Waals surface area contributed by atoms with Crippen molar-refractivity contribution < 1.29 is 4.79 Å². The minimum Gasteiger partial charge on any atom is -0.299 e. The van der Waals surface area contributed by atoms with Crippen LogP contribution in [0.25, 0.3) is 0 Å². The number of carbonyl (C=O) groups excluding carboxylic acids is 1. The topological polar surface area (TPSA) is 17.1 Å². The Morgan fingerprint density at radius 3 is 1.79 bits per heavy atom. The van der Waals surface area contributed by atoms with Crippen LogP contribution in [0.5, 0.6) is 0 Å². The Morgan fingerprint density at radius 1 is 0.875 bits per heavy atom. The molecule has 2 aliphatic rings. The lowest BCUT2D eigenvalue weighted by atomic mass is 9.70. The summed E-state index contributed by atoms with van der Waals surface area (Å²) in [6, 6.07) is 21.2. The summed E-state index contributed by atoms with van der Waals surface area (Å²) < 4.78 is 0. The number of carbonyl (C=O) groups is 1. The van der Waals surface area contributed by atoms with Crippen molar-refractivity contribution in [3.05, 3.63) is 71.8 Å². The molecule has 0 saturated heterocycles. The van der Waals surface area contributed by atoms with Crippen LogP contribution in [0.3, 0.4) is 0 Å². The van der Waals surface area contributed by atoms with Gasteiger partial charge >= 0.3 is 0 Å². The van der Waals surface area contributed by atoms with E-state index in [-0.39, 0.29) is 22.7 Å². The predicted octanol–water partition coefficient (Wildman–Crippen LogP) is 5.46. The zero-order valence-electron chi connectivity index (χ0n) is 14.8. The maximum Gasteiger partial charge on any atom is 0.143 e. The number of benzene rings is 2. The normalized spacial score (nSPS) is 30.9. The maximum atomic E-state index is 13.5. The fourth-order valence-electron chi connectivity index (χ4n) is 5.47. The molecule has 0 radical (unpaired) electrons. The van der Waals surface area contributed by atoms with Crippen LogP contribution in [-0.4, -0.2) is 5.78 Å². The van der Waals surface area contributed by atoms with Crippen LogP contribution >= 0.6 is 0 Å². The molecule has 2 aromatic carbocycles. The van der Waals surface area contributed by atoms with Gasteiger partial charge in [0.15, 0.2) is 0 Å². The van der Waals surface area contributed by atoms with Crippen molar-refractivity contribution in [2.75, 3.05) is 0 Å². The first-order chi connectivity index (χ1) is 11.5. The second-order valence-corrected chi connectivity index (χ2v) is 8.39. The van der Waals surface area contributed by atoms with Crippen molar-refractivity contribution in [1.82, 2.24) is 0 Å². The molecule has 24 heavy (non-hydrogen) atoms. The van der Waals surface area contributed by atoms with Crippen LogP contribution < -0.4 is 0 Å². The number of fused-ring (bicyclic) bond motifs is 2. The molecule has 1 heteroatoms. The molecule has 1 nitrogen and oxygen atoms in total. The lowest BCUT2D eigenvalue weighted by Gasteiger charge is -2.32. The molecule has 0 aliphatic heterocycles. The van der Waals surface area contributed by atoms with Crippen LogP contribution in [0, 0.1) is 22.7 Å². The number of ketones is 1. The first kappa shape index (κ1) is 15.6. The van der Waals surface area contributed by atoms with Gasteiger partial charge < -0.3 is 0 Å². The van der Waals surface area contributed by atoms with E-state index >= 15 is 0 Å². The van der Waals surface area contributed by atoms with Gasteiger partial charge in [-0.1, -0.05) is 81.4 Å². The van der Waals surface area contributed by atoms with E-state index in [1.165, 1.54) is 17.5 Å². The number of Topliss-reactive ketones (excluding diaryl/α,β-unsaturated/α-hetero) is 1. The average molecular weight is 318 g/mol. The third-order valence-electron chi connectivity index (χ3n) is 7.26. The second kappa shape index (κ2) is 5.31. The molecule has 2 aliphatic carbocycles. The van der Waals surface area contributed by atoms with Gasteiger partial charge in [-0.15, -0.1) is 0 Å². The van der Waals surface area contributed by atoms with Gasteiger partial charge in [0.25, 0.3) is 0 Å². The highest BCUT2D eigenvalue weighted by atomic mass is 16.1. The van der Waals surface area contributed by atoms with E-state index in [0.29, 0.717) is 11.7 Å². The SMILES string of the molecule is CC1(C)[C@@H]2CC[C@]1(C)C(=O)[C@@H]2C(c1ccccc1)c1ccccc1. The Balaban J connectivity index is 1.86. The summed E-state index contributed by atoms with van der Waals surface area (Å²) in [5.41, 5.74) is 2.48. The molecular weight excluding hydrogens is 292 g/mol. The molecule has 0 N–H and O–H groups in total. The van der Waals surface area contributed by atoms with Crippen LogP contribution in [-0.2, 0) is 4.79 Å². The van der Waals surface area contributed by atoms with Crippen molar-refractivity contribution in [2.45, 2.75) is 39.5 Å². The van der Waals surface area contributed by atoms with Crippen LogP contribution in [0.4, 0.5) is 0 Å². The highest BCUT2D eigenvalue weighted by Crippen LogP contribution is 2.68. The summed E-state index contributed by atoms with van der Waals surface area (Å²) in [5.74, 6) is 1.23. The minimum absolute atomic E-state index is 0.0938. The van der Waals surface area contributed by atoms with E-state index in [1.54, 1.807) is 0 Å². The van der Waals surface area contributed by atoms with Gasteiger partial charge in [0.1, 0.15) is 5.78 Å². The van der Waals surface area contributed by atoms with Gasteiger partial charge in [-0.25, -0.2) is 0 Å². The summed E-state index contributed by atoms with van der Waals surface area (Å²) in [7, 11) is 0. The average Bonchev–Trinajstić information content (AvgIpc) is 2.91. The van der Waals surface area contributed by atoms with E-state index in [2.05, 4.69) is 81.4 Å². The first-order valence-corrected chi connectivity index (χ1v) is 9.11. The van der Waals surface area contributed by atoms with Gasteiger partial charge in [0, 0.05) is 17.3 Å². The molecule has 2 bridgehead atoms. The molecule has 2 saturated carbocycles. The zero-order valence-corrected chi connectivity index (χ0v) is 14.8. The van der Waals surface area contributed by atoms with E-state index in [4.69, 9.17) is 0 Å². The summed E-state index contributed by atoms with van der Waals surface area (Å²) in [4.78, 5) is 13.5. The Morgan fingerprint density at radius 2 is 1.38 bits per heavy atom. The molecule has 3 atom stereocenters. The second-order valence-electron chi connectivity index (χ2n) is 8.39. The van der Waals surface area contributed by atoms with Crippen molar-refractivity contribution in [3.8, 4) is 0 Å². The van der Waals surface area contributed by atoms with Crippen LogP contribution in [0.15, 0.2) is 60.7 Å². The molecule has 0 spiro atoms. The highest BCUT2D eigenvalue weighted by Gasteiger charge is 2.67. The van der Waals surface area contributed by atoms with Gasteiger partial charge in [-0.3, -0.25) is 4.79 Å². The molecule has 0 unspecified atom stereocenters. The Hall–Kier alpha value is -1.89. The minimum atomic E-state index is -0.163. The molecule has 4 rings (SSSR count). The van der Waals surface area contributed by atoms with E-state index in [0.717, 1.165) is 6.42 Å². The van der Waals surface area contributed by atoms with Crippen molar-refractivity contribution >= 4 is 5.78 Å². The van der Waals surface area contributed by atoms with Gasteiger partial charge in [-0.05, 0) is 35.3 Å². The van der Waals surface area contributed by atoms with Crippen molar-refractivity contribution in [1.29, 1.82) is 0 Å². The smallest absolute Gasteiger partial charge is 0.143 e. The molecular formula is C23H26O. The highest BCUT2D eigenvalue weighted by molar-refractivity contribution is 5.93. The fraction of sp³-hybridized carbons (Fsp3) is 0.435. The van der Waals surface area contributed by atoms with Crippen molar-refractivity contribution in [3.63, 3.8) is 0 Å². The summed E-state index contributed by atoms with van der Waals surface area (Å²) in [6.45, 7) is 6.84. The summed E-state index contributed by atoms with van der Waals surface area (Å²) in [5, 5.41) is 0. The van der Waals surface area contributed by atoms with Crippen LogP contribution in [0.1, 0.15) is 50.7 Å². The number of hydrogen-bond donors (Lipinski definition) is 0. The Bertz CT molecular complexity index is 707. The monoisotopic (exact) mass is 318 g/mol. The van der Waals surface area contributed by atoms with Crippen molar-refractivity contribution in [2.24, 2.45) is 22.7 Å². The Kier molecular flexibility index (Phi) is 3.46. The molecule has 0 heterocycles. The lowest BCUT2D eigenvalue weighted by Crippen LogP contribution is -2.35. The van der Waals surface area contributed by atoms with Gasteiger partial charge in [0.05, 0.1) is 0 Å². The first-order valence-electron chi connectivity index (χ1n) is 9.11. The Labute approximate surface area is 145 Å². The number of hydrogen-bond acceptors (Lipinski definition) is 1. The van der Waals surface area contributed by atoms with Gasteiger partial charge in [0.2, 0.25) is 0 Å². The fourth-order valence-corrected chi connectivity index (χ4v) is 5.47. The number of rotatable bonds is 3. The molecule has 2 aromatic rings. The zero-order chi connectivity index (χ0) is 16.9. The van der Waals surface area contributed by atoms with E-state index in [1.807, 2.05) is 0 Å². The predicted molar refractivity (Wildman–Crippen MR) is 97.8 cm³/mol. The quantitative estimate of drug-likeness (QED) is 0.734. The van der Waals surface area contributed by atoms with Gasteiger partial charge in [-0.2, -0.15) is 0 Å². The maximum absolute atomic E-state index is 13.5. The largest absolute Gasteiger partial charge is 0.299 e.